The van der Waals surface area contributed by atoms with Gasteiger partial charge in [-0.3, -0.25) is 0 Å². The van der Waals surface area contributed by atoms with Gasteiger partial charge in [0.2, 0.25) is 0 Å². The van der Waals surface area contributed by atoms with Crippen LogP contribution in [0.15, 0.2) is 48.8 Å². The molecule has 1 aromatic rings. The van der Waals surface area contributed by atoms with Crippen molar-refractivity contribution in [1.29, 1.82) is 0 Å². The molecule has 0 radical (unpaired) electrons. The number of allylic oxidation sites excluding steroid dienone is 4. The number of nitrogens with zero attached hydrogens (tertiary/aromatic N) is 2. The van der Waals surface area contributed by atoms with Crippen LogP contribution in [0.5, 0.6) is 0 Å². The van der Waals surface area contributed by atoms with Gasteiger partial charge in [-0.1, -0.05) is 12.2 Å². The Labute approximate surface area is 95.6 Å². The largest absolute Gasteiger partial charge is 0.384 e. The van der Waals surface area contributed by atoms with Crippen molar-refractivity contribution >= 4 is 11.5 Å². The highest BCUT2D eigenvalue weighted by atomic mass is 15.1. The summed E-state index contributed by atoms with van der Waals surface area (Å²) in [7, 11) is 0. The Morgan fingerprint density at radius 3 is 2.81 bits per heavy atom. The first kappa shape index (κ1) is 10.5. The SMILES string of the molecule is CCN1C=CC=CC=C1c1ccc(N)nc1. The maximum Gasteiger partial charge on any atom is 0.123 e. The van der Waals surface area contributed by atoms with E-state index in [4.69, 9.17) is 5.73 Å². The molecule has 0 spiro atoms. The summed E-state index contributed by atoms with van der Waals surface area (Å²) in [6.45, 7) is 3.04. The molecule has 1 aromatic heterocycles. The average Bonchev–Trinajstić information content (AvgIpc) is 2.55. The van der Waals surface area contributed by atoms with Crippen molar-refractivity contribution in [3.63, 3.8) is 0 Å². The Bertz CT molecular complexity index is 441. The number of anilines is 1. The first-order chi connectivity index (χ1) is 7.81. The molecule has 0 aliphatic carbocycles. The Balaban J connectivity index is 2.37. The molecule has 1 aliphatic heterocycles. The molecular weight excluding hydrogens is 198 g/mol. The van der Waals surface area contributed by atoms with Gasteiger partial charge in [0.25, 0.3) is 0 Å². The lowest BCUT2D eigenvalue weighted by atomic mass is 10.2. The molecule has 1 aliphatic rings. The molecule has 16 heavy (non-hydrogen) atoms. The maximum absolute atomic E-state index is 5.58. The zero-order valence-corrected chi connectivity index (χ0v) is 9.30. The quantitative estimate of drug-likeness (QED) is 0.820. The molecule has 0 atom stereocenters. The van der Waals surface area contributed by atoms with Gasteiger partial charge < -0.3 is 10.6 Å². The molecule has 2 heterocycles. The second-order valence-electron chi connectivity index (χ2n) is 3.54. The lowest BCUT2D eigenvalue weighted by Crippen LogP contribution is -2.14. The van der Waals surface area contributed by atoms with E-state index < -0.39 is 0 Å². The van der Waals surface area contributed by atoms with Crippen LogP contribution in [0.1, 0.15) is 12.5 Å². The zero-order valence-electron chi connectivity index (χ0n) is 9.30. The van der Waals surface area contributed by atoms with Crippen LogP contribution in [0.2, 0.25) is 0 Å². The maximum atomic E-state index is 5.58. The normalized spacial score (nSPS) is 14.8. The van der Waals surface area contributed by atoms with Crippen LogP contribution in [-0.2, 0) is 0 Å². The minimum atomic E-state index is 0.548. The van der Waals surface area contributed by atoms with Crippen LogP contribution >= 0.6 is 0 Å². The van der Waals surface area contributed by atoms with Gasteiger partial charge in [-0.2, -0.15) is 0 Å². The van der Waals surface area contributed by atoms with E-state index in [1.807, 2.05) is 30.4 Å². The second-order valence-corrected chi connectivity index (χ2v) is 3.54. The van der Waals surface area contributed by atoms with Gasteiger partial charge >= 0.3 is 0 Å². The number of hydrogen-bond acceptors (Lipinski definition) is 3. The summed E-state index contributed by atoms with van der Waals surface area (Å²) in [5.41, 5.74) is 7.80. The third-order valence-corrected chi connectivity index (χ3v) is 2.47. The average molecular weight is 213 g/mol. The fourth-order valence-electron chi connectivity index (χ4n) is 1.64. The van der Waals surface area contributed by atoms with Gasteiger partial charge in [-0.05, 0) is 31.2 Å². The van der Waals surface area contributed by atoms with Crippen LogP contribution in [0.3, 0.4) is 0 Å². The summed E-state index contributed by atoms with van der Waals surface area (Å²) >= 11 is 0. The van der Waals surface area contributed by atoms with Crippen LogP contribution in [-0.4, -0.2) is 16.4 Å². The lowest BCUT2D eigenvalue weighted by Gasteiger charge is -2.21. The predicted octanol–water partition coefficient (Wildman–Crippen LogP) is 2.41. The van der Waals surface area contributed by atoms with E-state index in [1.165, 1.54) is 0 Å². The van der Waals surface area contributed by atoms with Crippen molar-refractivity contribution in [2.24, 2.45) is 0 Å². The number of nitrogens with two attached hydrogens (primary N) is 1. The highest BCUT2D eigenvalue weighted by Crippen LogP contribution is 2.21. The first-order valence-corrected chi connectivity index (χ1v) is 5.35. The van der Waals surface area contributed by atoms with Crippen molar-refractivity contribution < 1.29 is 0 Å². The van der Waals surface area contributed by atoms with Gasteiger partial charge in [0.15, 0.2) is 0 Å². The molecule has 3 heteroatoms. The molecule has 0 bridgehead atoms. The fourth-order valence-corrected chi connectivity index (χ4v) is 1.64. The number of nitrogen functional groups attached to an aromatic ring is 1. The van der Waals surface area contributed by atoms with E-state index in [0.717, 1.165) is 17.8 Å². The molecule has 2 rings (SSSR count). The van der Waals surface area contributed by atoms with Crippen LogP contribution in [0.4, 0.5) is 5.82 Å². The Kier molecular flexibility index (Phi) is 3.05. The van der Waals surface area contributed by atoms with Crippen LogP contribution in [0, 0.1) is 0 Å². The van der Waals surface area contributed by atoms with E-state index in [0.29, 0.717) is 5.82 Å². The molecule has 0 amide bonds. The van der Waals surface area contributed by atoms with Crippen LogP contribution in [0.25, 0.3) is 5.70 Å². The number of pyridine rings is 1. The summed E-state index contributed by atoms with van der Waals surface area (Å²) in [5, 5.41) is 0. The molecule has 0 unspecified atom stereocenters. The van der Waals surface area contributed by atoms with E-state index in [1.54, 1.807) is 6.20 Å². The Hall–Kier alpha value is -2.03. The van der Waals surface area contributed by atoms with Gasteiger partial charge in [-0.25, -0.2) is 4.98 Å². The Morgan fingerprint density at radius 1 is 1.25 bits per heavy atom. The Morgan fingerprint density at radius 2 is 2.12 bits per heavy atom. The molecular formula is C13H15N3. The third-order valence-electron chi connectivity index (χ3n) is 2.47. The number of hydrogen-bond donors (Lipinski definition) is 1. The number of aromatic nitrogens is 1. The molecule has 0 fully saturated rings. The standard InChI is InChI=1S/C13H15N3/c1-2-16-9-5-3-4-6-12(16)11-7-8-13(14)15-10-11/h3-10H,2H2,1H3,(H2,14,15). The summed E-state index contributed by atoms with van der Waals surface area (Å²) < 4.78 is 0. The molecule has 2 N–H and O–H groups in total. The highest BCUT2D eigenvalue weighted by molar-refractivity contribution is 5.67. The van der Waals surface area contributed by atoms with Crippen LogP contribution < -0.4 is 5.73 Å². The van der Waals surface area contributed by atoms with Crippen molar-refractivity contribution in [2.75, 3.05) is 12.3 Å². The van der Waals surface area contributed by atoms with Gasteiger partial charge in [-0.15, -0.1) is 0 Å². The summed E-state index contributed by atoms with van der Waals surface area (Å²) in [6.07, 6.45) is 12.0. The molecule has 82 valence electrons. The minimum Gasteiger partial charge on any atom is -0.384 e. The summed E-state index contributed by atoms with van der Waals surface area (Å²) in [4.78, 5) is 6.29. The molecule has 0 saturated carbocycles. The van der Waals surface area contributed by atoms with E-state index >= 15 is 0 Å². The minimum absolute atomic E-state index is 0.548. The van der Waals surface area contributed by atoms with Crippen molar-refractivity contribution in [1.82, 2.24) is 9.88 Å². The second kappa shape index (κ2) is 4.66. The predicted molar refractivity (Wildman–Crippen MR) is 67.3 cm³/mol. The lowest BCUT2D eigenvalue weighted by molar-refractivity contribution is 0.563. The molecule has 3 nitrogen and oxygen atoms in total. The third kappa shape index (κ3) is 2.14. The summed E-state index contributed by atoms with van der Waals surface area (Å²) in [5.74, 6) is 0.548. The van der Waals surface area contributed by atoms with Crippen molar-refractivity contribution in [2.45, 2.75) is 6.92 Å². The van der Waals surface area contributed by atoms with E-state index in [9.17, 15) is 0 Å². The van der Waals surface area contributed by atoms with Crippen molar-refractivity contribution in [3.8, 4) is 0 Å². The van der Waals surface area contributed by atoms with E-state index in [2.05, 4.69) is 29.1 Å². The summed E-state index contributed by atoms with van der Waals surface area (Å²) in [6, 6.07) is 3.81. The monoisotopic (exact) mass is 213 g/mol. The first-order valence-electron chi connectivity index (χ1n) is 5.35. The van der Waals surface area contributed by atoms with Gasteiger partial charge in [0.1, 0.15) is 5.82 Å². The number of rotatable bonds is 2. The van der Waals surface area contributed by atoms with Crippen molar-refractivity contribution in [3.05, 3.63) is 54.4 Å². The molecule has 0 saturated heterocycles. The smallest absolute Gasteiger partial charge is 0.123 e. The van der Waals surface area contributed by atoms with Gasteiger partial charge in [0.05, 0.1) is 0 Å². The zero-order chi connectivity index (χ0) is 11.4. The molecule has 0 aromatic carbocycles. The highest BCUT2D eigenvalue weighted by Gasteiger charge is 2.08. The topological polar surface area (TPSA) is 42.1 Å². The fraction of sp³-hybridized carbons (Fsp3) is 0.154. The van der Waals surface area contributed by atoms with E-state index in [-0.39, 0.29) is 0 Å². The van der Waals surface area contributed by atoms with Gasteiger partial charge in [0, 0.05) is 30.2 Å².